The van der Waals surface area contributed by atoms with E-state index in [1.807, 2.05) is 29.2 Å². The second-order valence-corrected chi connectivity index (χ2v) is 8.90. The van der Waals surface area contributed by atoms with Crippen LogP contribution in [0.15, 0.2) is 24.3 Å². The number of halogens is 3. The van der Waals surface area contributed by atoms with Crippen molar-refractivity contribution in [1.82, 2.24) is 9.80 Å². The molecule has 0 aromatic heterocycles. The van der Waals surface area contributed by atoms with Crippen molar-refractivity contribution in [3.05, 3.63) is 24.3 Å². The molecule has 11 heteroatoms. The molecule has 1 unspecified atom stereocenters. The van der Waals surface area contributed by atoms with Gasteiger partial charge in [-0.05, 0) is 56.8 Å². The maximum atomic E-state index is 12.4. The molecule has 1 amide bonds. The van der Waals surface area contributed by atoms with E-state index in [0.29, 0.717) is 30.5 Å². The minimum absolute atomic E-state index is 0.00863. The minimum Gasteiger partial charge on any atom is -0.493 e. The molecule has 0 saturated carbocycles. The summed E-state index contributed by atoms with van der Waals surface area (Å²) in [5.41, 5.74) is -0.110. The lowest BCUT2D eigenvalue weighted by atomic mass is 9.82. The monoisotopic (exact) mass is 488 g/mol. The number of carbonyl (C=O) groups excluding carboxylic acids is 1. The zero-order chi connectivity index (χ0) is 24.8. The van der Waals surface area contributed by atoms with E-state index in [1.165, 1.54) is 38.9 Å². The summed E-state index contributed by atoms with van der Waals surface area (Å²) in [6, 6.07) is 7.39. The lowest BCUT2D eigenvalue weighted by Gasteiger charge is -2.52. The Labute approximate surface area is 196 Å². The van der Waals surface area contributed by atoms with Gasteiger partial charge in [-0.2, -0.15) is 13.2 Å². The number of alkyl halides is 3. The van der Waals surface area contributed by atoms with Gasteiger partial charge in [-0.3, -0.25) is 4.79 Å². The first-order chi connectivity index (χ1) is 16.1. The first kappa shape index (κ1) is 26.1. The number of nitrogens with zero attached hydrogens (tertiary/aromatic N) is 2. The Morgan fingerprint density at radius 3 is 2.32 bits per heavy atom. The van der Waals surface area contributed by atoms with Gasteiger partial charge in [0, 0.05) is 6.54 Å². The molecule has 1 N–H and O–H groups in total. The van der Waals surface area contributed by atoms with Gasteiger partial charge in [-0.1, -0.05) is 12.1 Å². The fraction of sp³-hybridized carbons (Fsp3) is 0.652. The topological polar surface area (TPSA) is 88.5 Å². The van der Waals surface area contributed by atoms with Crippen molar-refractivity contribution in [1.29, 1.82) is 0 Å². The van der Waals surface area contributed by atoms with Gasteiger partial charge in [0.15, 0.2) is 18.1 Å². The van der Waals surface area contributed by atoms with E-state index in [2.05, 4.69) is 4.90 Å². The normalized spacial score (nSPS) is 21.9. The Morgan fingerprint density at radius 1 is 1.18 bits per heavy atom. The summed E-state index contributed by atoms with van der Waals surface area (Å²) in [6.07, 6.45) is -0.143. The first-order valence-electron chi connectivity index (χ1n) is 11.3. The zero-order valence-electron chi connectivity index (χ0n) is 19.2. The molecule has 190 valence electrons. The van der Waals surface area contributed by atoms with Crippen molar-refractivity contribution in [2.75, 3.05) is 53.0 Å². The molecule has 3 fully saturated rings. The maximum absolute atomic E-state index is 12.4. The van der Waals surface area contributed by atoms with Crippen LogP contribution in [0.1, 0.15) is 25.7 Å². The number of carboxylic acid groups (broad SMARTS) is 1. The number of carboxylic acids is 1. The maximum Gasteiger partial charge on any atom is 0.490 e. The van der Waals surface area contributed by atoms with Crippen molar-refractivity contribution < 1.29 is 42.1 Å². The molecule has 0 aliphatic carbocycles. The highest BCUT2D eigenvalue weighted by atomic mass is 19.4. The van der Waals surface area contributed by atoms with Crippen molar-refractivity contribution >= 4 is 11.9 Å². The molecule has 3 saturated heterocycles. The van der Waals surface area contributed by atoms with Crippen LogP contribution in [0.4, 0.5) is 13.2 Å². The SMILES string of the molecule is COc1ccccc1OCC(=O)N1CC2(CCC(CN3CCCC3)CO2)C1.O=C(O)C(F)(F)F. The Balaban J connectivity index is 0.000000406. The Kier molecular flexibility index (Phi) is 8.64. The number of ether oxygens (including phenoxy) is 3. The highest BCUT2D eigenvalue weighted by Gasteiger charge is 2.48. The van der Waals surface area contributed by atoms with E-state index in [9.17, 15) is 18.0 Å². The van der Waals surface area contributed by atoms with Gasteiger partial charge in [0.2, 0.25) is 0 Å². The Hall–Kier alpha value is -2.53. The average Bonchev–Trinajstić information content (AvgIpc) is 3.29. The molecule has 8 nitrogen and oxygen atoms in total. The summed E-state index contributed by atoms with van der Waals surface area (Å²) in [5.74, 6) is -0.860. The Morgan fingerprint density at radius 2 is 1.79 bits per heavy atom. The third-order valence-electron chi connectivity index (χ3n) is 6.32. The van der Waals surface area contributed by atoms with Crippen molar-refractivity contribution in [2.45, 2.75) is 37.5 Å². The van der Waals surface area contributed by atoms with Crippen molar-refractivity contribution in [2.24, 2.45) is 5.92 Å². The number of methoxy groups -OCH3 is 1. The molecule has 1 aromatic carbocycles. The molecule has 1 atom stereocenters. The lowest BCUT2D eigenvalue weighted by molar-refractivity contribution is -0.192. The van der Waals surface area contributed by atoms with Crippen LogP contribution >= 0.6 is 0 Å². The van der Waals surface area contributed by atoms with Crippen LogP contribution in [0, 0.1) is 5.92 Å². The number of amides is 1. The molecule has 1 spiro atoms. The Bertz CT molecular complexity index is 828. The van der Waals surface area contributed by atoms with Crippen LogP contribution in [0.2, 0.25) is 0 Å². The van der Waals surface area contributed by atoms with E-state index in [4.69, 9.17) is 24.1 Å². The number of rotatable bonds is 6. The van der Waals surface area contributed by atoms with Crippen LogP contribution in [0.5, 0.6) is 11.5 Å². The van der Waals surface area contributed by atoms with E-state index >= 15 is 0 Å². The second kappa shape index (κ2) is 11.3. The summed E-state index contributed by atoms with van der Waals surface area (Å²) in [4.78, 5) is 25.7. The van der Waals surface area contributed by atoms with Crippen LogP contribution in [-0.4, -0.2) is 91.6 Å². The quantitative estimate of drug-likeness (QED) is 0.659. The van der Waals surface area contributed by atoms with E-state index in [0.717, 1.165) is 13.0 Å². The van der Waals surface area contributed by atoms with Gasteiger partial charge in [0.1, 0.15) is 5.60 Å². The molecule has 3 heterocycles. The molecule has 4 rings (SSSR count). The van der Waals surface area contributed by atoms with Gasteiger partial charge in [-0.25, -0.2) is 4.79 Å². The summed E-state index contributed by atoms with van der Waals surface area (Å²) < 4.78 is 48.9. The highest BCUT2D eigenvalue weighted by molar-refractivity contribution is 5.79. The number of hydrogen-bond acceptors (Lipinski definition) is 6. The van der Waals surface area contributed by atoms with Gasteiger partial charge in [0.05, 0.1) is 26.8 Å². The second-order valence-electron chi connectivity index (χ2n) is 8.90. The predicted molar refractivity (Wildman–Crippen MR) is 116 cm³/mol. The summed E-state index contributed by atoms with van der Waals surface area (Å²) in [7, 11) is 1.60. The summed E-state index contributed by atoms with van der Waals surface area (Å²) in [6.45, 7) is 5.91. The molecule has 1 aromatic rings. The van der Waals surface area contributed by atoms with E-state index < -0.39 is 12.1 Å². The first-order valence-corrected chi connectivity index (χ1v) is 11.3. The summed E-state index contributed by atoms with van der Waals surface area (Å²) in [5, 5.41) is 7.12. The molecule has 34 heavy (non-hydrogen) atoms. The molecule has 0 radical (unpaired) electrons. The third kappa shape index (κ3) is 6.99. The molecular weight excluding hydrogens is 457 g/mol. The molecule has 3 aliphatic rings. The van der Waals surface area contributed by atoms with Gasteiger partial charge >= 0.3 is 12.1 Å². The fourth-order valence-electron chi connectivity index (χ4n) is 4.44. The number of aliphatic carboxylic acids is 1. The molecule has 3 aliphatic heterocycles. The number of benzene rings is 1. The van der Waals surface area contributed by atoms with Crippen LogP contribution in [-0.2, 0) is 14.3 Å². The van der Waals surface area contributed by atoms with Gasteiger partial charge < -0.3 is 29.1 Å². The number of likely N-dealkylation sites (tertiary alicyclic amines) is 2. The third-order valence-corrected chi connectivity index (χ3v) is 6.32. The standard InChI is InChI=1S/C21H30N2O4.C2HF3O2/c1-25-18-6-2-3-7-19(18)26-14-20(24)23-15-21(16-23)9-8-17(13-27-21)12-22-10-4-5-11-22;3-2(4,5)1(6)7/h2-3,6-7,17H,4-5,8-16H2,1H3;(H,6,7). The predicted octanol–water partition coefficient (Wildman–Crippen LogP) is 2.81. The van der Waals surface area contributed by atoms with E-state index in [-0.39, 0.29) is 18.1 Å². The number of para-hydroxylation sites is 2. The van der Waals surface area contributed by atoms with Gasteiger partial charge in [-0.15, -0.1) is 0 Å². The lowest BCUT2D eigenvalue weighted by Crippen LogP contribution is -2.67. The van der Waals surface area contributed by atoms with Crippen LogP contribution < -0.4 is 9.47 Å². The number of carbonyl (C=O) groups is 2. The molecular formula is C23H31F3N2O6. The average molecular weight is 489 g/mol. The largest absolute Gasteiger partial charge is 0.493 e. The summed E-state index contributed by atoms with van der Waals surface area (Å²) >= 11 is 0. The highest BCUT2D eigenvalue weighted by Crippen LogP contribution is 2.36. The fourth-order valence-corrected chi connectivity index (χ4v) is 4.44. The smallest absolute Gasteiger partial charge is 0.490 e. The van der Waals surface area contributed by atoms with Crippen molar-refractivity contribution in [3.63, 3.8) is 0 Å². The van der Waals surface area contributed by atoms with Crippen LogP contribution in [0.25, 0.3) is 0 Å². The van der Waals surface area contributed by atoms with Gasteiger partial charge in [0.25, 0.3) is 5.91 Å². The molecule has 0 bridgehead atoms. The number of hydrogen-bond donors (Lipinski definition) is 1. The van der Waals surface area contributed by atoms with E-state index in [1.54, 1.807) is 7.11 Å². The van der Waals surface area contributed by atoms with Crippen LogP contribution in [0.3, 0.4) is 0 Å². The zero-order valence-corrected chi connectivity index (χ0v) is 19.2. The van der Waals surface area contributed by atoms with Crippen molar-refractivity contribution in [3.8, 4) is 11.5 Å². The minimum atomic E-state index is -5.08.